The second-order valence-electron chi connectivity index (χ2n) is 2.55. The van der Waals surface area contributed by atoms with Gasteiger partial charge in [0.15, 0.2) is 0 Å². The largest absolute Gasteiger partial charge is 0.305 e. The molecule has 4 unspecified atom stereocenters. The summed E-state index contributed by atoms with van der Waals surface area (Å²) in [5, 5.41) is 0. The Balaban J connectivity index is 2.39. The van der Waals surface area contributed by atoms with E-state index >= 15 is 0 Å². The van der Waals surface area contributed by atoms with Crippen LogP contribution in [-0.2, 0) is 0 Å². The molecule has 48 valence electrons. The van der Waals surface area contributed by atoms with Crippen molar-refractivity contribution in [2.45, 2.75) is 11.3 Å². The van der Waals surface area contributed by atoms with Gasteiger partial charge in [0, 0.05) is 13.1 Å². The fourth-order valence-electron chi connectivity index (χ4n) is 1.07. The van der Waals surface area contributed by atoms with Crippen LogP contribution in [0.1, 0.15) is 0 Å². The van der Waals surface area contributed by atoms with Gasteiger partial charge < -0.3 is 4.90 Å². The Morgan fingerprint density at radius 2 is 1.62 bits per heavy atom. The van der Waals surface area contributed by atoms with E-state index in [2.05, 4.69) is 30.4 Å². The summed E-state index contributed by atoms with van der Waals surface area (Å²) >= 11 is 0. The van der Waals surface area contributed by atoms with E-state index in [0.29, 0.717) is 0 Å². The molecule has 3 heteroatoms. The molecule has 0 aromatic rings. The Bertz CT molecular complexity index is 76.5. The fraction of sp³-hybridized carbons (Fsp3) is 1.00. The number of hydrogen-bond acceptors (Lipinski definition) is 1. The number of nitrogens with zero attached hydrogens (tertiary/aromatic N) is 1. The van der Waals surface area contributed by atoms with Crippen LogP contribution < -0.4 is 0 Å². The maximum atomic E-state index is 2.87. The minimum absolute atomic E-state index is 0.796. The molecular formula is C5H13NP2. The van der Waals surface area contributed by atoms with Crippen molar-refractivity contribution in [3.63, 3.8) is 0 Å². The predicted molar refractivity (Wildman–Crippen MR) is 44.5 cm³/mol. The molecule has 0 radical (unpaired) electrons. The summed E-state index contributed by atoms with van der Waals surface area (Å²) in [5.41, 5.74) is 1.59. The van der Waals surface area contributed by atoms with Crippen LogP contribution >= 0.6 is 18.5 Å². The van der Waals surface area contributed by atoms with Crippen LogP contribution in [0.2, 0.25) is 0 Å². The van der Waals surface area contributed by atoms with E-state index in [1.54, 1.807) is 0 Å². The highest BCUT2D eigenvalue weighted by Gasteiger charge is 2.22. The summed E-state index contributed by atoms with van der Waals surface area (Å²) in [6.45, 7) is 2.47. The molecule has 0 aliphatic carbocycles. The molecule has 1 aliphatic heterocycles. The molecule has 4 atom stereocenters. The molecule has 1 saturated heterocycles. The summed E-state index contributed by atoms with van der Waals surface area (Å²) in [6.07, 6.45) is 0. The lowest BCUT2D eigenvalue weighted by atomic mass is 10.4. The molecule has 1 nitrogen and oxygen atoms in total. The zero-order chi connectivity index (χ0) is 6.15. The number of hydrogen-bond donors (Lipinski definition) is 0. The van der Waals surface area contributed by atoms with Gasteiger partial charge in [0.1, 0.15) is 0 Å². The lowest BCUT2D eigenvalue weighted by molar-refractivity contribution is 0.420. The van der Waals surface area contributed by atoms with Crippen molar-refractivity contribution in [1.29, 1.82) is 0 Å². The van der Waals surface area contributed by atoms with Crippen molar-refractivity contribution in [2.75, 3.05) is 20.1 Å². The van der Waals surface area contributed by atoms with E-state index < -0.39 is 0 Å². The Kier molecular flexibility index (Phi) is 2.26. The zero-order valence-corrected chi connectivity index (χ0v) is 7.48. The lowest BCUT2D eigenvalue weighted by Gasteiger charge is -2.03. The highest BCUT2D eigenvalue weighted by atomic mass is 31.0. The van der Waals surface area contributed by atoms with Crippen LogP contribution in [-0.4, -0.2) is 36.4 Å². The predicted octanol–water partition coefficient (Wildman–Crippen LogP) is 0.419. The van der Waals surface area contributed by atoms with Crippen molar-refractivity contribution < 1.29 is 0 Å². The van der Waals surface area contributed by atoms with Crippen LogP contribution in [0.4, 0.5) is 0 Å². The summed E-state index contributed by atoms with van der Waals surface area (Å²) in [4.78, 5) is 2.36. The molecule has 0 aromatic heterocycles. The molecule has 0 amide bonds. The summed E-state index contributed by atoms with van der Waals surface area (Å²) in [7, 11) is 7.91. The van der Waals surface area contributed by atoms with Gasteiger partial charge in [-0.3, -0.25) is 0 Å². The number of rotatable bonds is 0. The number of likely N-dealkylation sites (tertiary alicyclic amines) is 1. The van der Waals surface area contributed by atoms with E-state index in [1.165, 1.54) is 13.1 Å². The Hall–Kier alpha value is 0.820. The molecule has 0 aromatic carbocycles. The average molecular weight is 149 g/mol. The zero-order valence-electron chi connectivity index (χ0n) is 5.17. The lowest BCUT2D eigenvalue weighted by Crippen LogP contribution is -2.13. The van der Waals surface area contributed by atoms with E-state index in [1.807, 2.05) is 0 Å². The van der Waals surface area contributed by atoms with Gasteiger partial charge in [0.2, 0.25) is 0 Å². The second kappa shape index (κ2) is 2.60. The highest BCUT2D eigenvalue weighted by Crippen LogP contribution is 2.22. The molecule has 0 spiro atoms. The van der Waals surface area contributed by atoms with E-state index in [9.17, 15) is 0 Å². The van der Waals surface area contributed by atoms with Crippen LogP contribution in [0.15, 0.2) is 0 Å². The van der Waals surface area contributed by atoms with Crippen molar-refractivity contribution in [2.24, 2.45) is 0 Å². The summed E-state index contributed by atoms with van der Waals surface area (Å²) in [6, 6.07) is 0. The van der Waals surface area contributed by atoms with Crippen molar-refractivity contribution in [3.05, 3.63) is 0 Å². The third kappa shape index (κ3) is 1.41. The maximum absolute atomic E-state index is 2.87. The Labute approximate surface area is 55.6 Å². The normalized spacial score (nSPS) is 40.9. The standard InChI is InChI=1S/C5H13NP2/c1-6-2-4(7)5(8)3-6/h4-5H,2-3,7-8H2,1H3. The molecule has 8 heavy (non-hydrogen) atoms. The van der Waals surface area contributed by atoms with Gasteiger partial charge in [-0.2, -0.15) is 0 Å². The molecule has 0 bridgehead atoms. The third-order valence-corrected chi connectivity index (χ3v) is 3.45. The van der Waals surface area contributed by atoms with Crippen LogP contribution in [0.25, 0.3) is 0 Å². The topological polar surface area (TPSA) is 3.24 Å². The average Bonchev–Trinajstić information content (AvgIpc) is 1.85. The SMILES string of the molecule is CN1CC(P)C(P)C1. The maximum Gasteiger partial charge on any atom is 0.00479 e. The van der Waals surface area contributed by atoms with Crippen LogP contribution in [0.5, 0.6) is 0 Å². The van der Waals surface area contributed by atoms with E-state index in [0.717, 1.165) is 11.3 Å². The van der Waals surface area contributed by atoms with Gasteiger partial charge in [-0.25, -0.2) is 0 Å². The summed E-state index contributed by atoms with van der Waals surface area (Å²) in [5.74, 6) is 0. The first kappa shape index (κ1) is 6.93. The minimum atomic E-state index is 0.796. The Morgan fingerprint density at radius 1 is 1.25 bits per heavy atom. The Morgan fingerprint density at radius 3 is 1.75 bits per heavy atom. The molecule has 0 N–H and O–H groups in total. The van der Waals surface area contributed by atoms with Gasteiger partial charge >= 0.3 is 0 Å². The third-order valence-electron chi connectivity index (χ3n) is 1.59. The van der Waals surface area contributed by atoms with Crippen LogP contribution in [0.3, 0.4) is 0 Å². The van der Waals surface area contributed by atoms with Crippen molar-refractivity contribution in [3.8, 4) is 0 Å². The van der Waals surface area contributed by atoms with Crippen molar-refractivity contribution in [1.82, 2.24) is 4.90 Å². The smallest absolute Gasteiger partial charge is 0.00479 e. The first-order valence-electron chi connectivity index (χ1n) is 2.90. The molecule has 1 heterocycles. The quantitative estimate of drug-likeness (QED) is 0.451. The fourth-order valence-corrected chi connectivity index (χ4v) is 2.03. The first-order chi connectivity index (χ1) is 3.70. The molecule has 1 fully saturated rings. The van der Waals surface area contributed by atoms with Gasteiger partial charge in [0.25, 0.3) is 0 Å². The van der Waals surface area contributed by atoms with Gasteiger partial charge in [0.05, 0.1) is 0 Å². The van der Waals surface area contributed by atoms with E-state index in [4.69, 9.17) is 0 Å². The van der Waals surface area contributed by atoms with Gasteiger partial charge in [-0.05, 0) is 18.4 Å². The second-order valence-corrected chi connectivity index (χ2v) is 4.26. The van der Waals surface area contributed by atoms with Crippen molar-refractivity contribution >= 4 is 18.5 Å². The molecule has 0 saturated carbocycles. The summed E-state index contributed by atoms with van der Waals surface area (Å²) < 4.78 is 0. The minimum Gasteiger partial charge on any atom is -0.305 e. The molecular weight excluding hydrogens is 136 g/mol. The highest BCUT2D eigenvalue weighted by molar-refractivity contribution is 7.23. The first-order valence-corrected chi connectivity index (χ1v) is 4.23. The molecule has 1 rings (SSSR count). The van der Waals surface area contributed by atoms with Gasteiger partial charge in [-0.1, -0.05) is 0 Å². The van der Waals surface area contributed by atoms with Crippen LogP contribution in [0, 0.1) is 0 Å². The van der Waals surface area contributed by atoms with E-state index in [-0.39, 0.29) is 0 Å². The monoisotopic (exact) mass is 149 g/mol. The molecule has 1 aliphatic rings. The van der Waals surface area contributed by atoms with Gasteiger partial charge in [-0.15, -0.1) is 18.5 Å².